The minimum absolute atomic E-state index is 0.0537. The summed E-state index contributed by atoms with van der Waals surface area (Å²) in [5.74, 6) is 2.74. The molecule has 0 unspecified atom stereocenters. The van der Waals surface area contributed by atoms with Crippen molar-refractivity contribution in [2.24, 2.45) is 23.7 Å². The molecule has 6 rings (SSSR count). The number of nitrogen functional groups attached to an aromatic ring is 1. The van der Waals surface area contributed by atoms with Crippen molar-refractivity contribution >= 4 is 58.1 Å². The lowest BCUT2D eigenvalue weighted by Gasteiger charge is -2.41. The summed E-state index contributed by atoms with van der Waals surface area (Å²) in [4.78, 5) is 43.3. The highest BCUT2D eigenvalue weighted by atomic mass is 35.5. The van der Waals surface area contributed by atoms with E-state index in [1.165, 1.54) is 18.9 Å². The molecule has 2 aromatic rings. The molecular formula is C42H62Cl2N6O6. The molecule has 2 amide bonds. The lowest BCUT2D eigenvalue weighted by Crippen LogP contribution is -2.44. The van der Waals surface area contributed by atoms with Crippen LogP contribution in [-0.4, -0.2) is 90.5 Å². The van der Waals surface area contributed by atoms with Gasteiger partial charge >= 0.3 is 12.2 Å². The molecular weight excluding hydrogens is 755 g/mol. The zero-order chi connectivity index (χ0) is 40.8. The Bertz CT molecular complexity index is 1650. The highest BCUT2D eigenvalue weighted by molar-refractivity contribution is 6.33. The molecule has 4 fully saturated rings. The Morgan fingerprint density at radius 1 is 0.625 bits per heavy atom. The van der Waals surface area contributed by atoms with Crippen LogP contribution in [0.3, 0.4) is 0 Å². The van der Waals surface area contributed by atoms with E-state index >= 15 is 0 Å². The predicted molar refractivity (Wildman–Crippen MR) is 225 cm³/mol. The first-order chi connectivity index (χ1) is 26.4. The number of hydrogen-bond donors (Lipinski definition) is 1. The standard InChI is InChI=1S/C21H30ClN3O4.C21H32ClN3O2/c1-21(2,3)29-20(26)24-12-8-16(9-13-24)15-6-10-23(11-7-15)17-4-5-19(25(27)28)18(22)14-17;1-21(2,3)27-20(26)25-12-8-16(9-13-25)15-6-10-24(11-7-15)17-4-5-19(23)18(22)14-17/h4-5,14-16H,6-13H2,1-3H3;4-5,14-16H,6-13,23H2,1-3H3. The molecule has 0 radical (unpaired) electrons. The second-order valence-electron chi connectivity index (χ2n) is 17.9. The van der Waals surface area contributed by atoms with Gasteiger partial charge in [-0.25, -0.2) is 9.59 Å². The van der Waals surface area contributed by atoms with Gasteiger partial charge in [-0.15, -0.1) is 0 Å². The molecule has 4 aliphatic rings. The van der Waals surface area contributed by atoms with Crippen molar-refractivity contribution in [3.8, 4) is 0 Å². The molecule has 0 atom stereocenters. The van der Waals surface area contributed by atoms with E-state index in [0.717, 1.165) is 108 Å². The van der Waals surface area contributed by atoms with Crippen LogP contribution in [0.1, 0.15) is 92.9 Å². The van der Waals surface area contributed by atoms with E-state index in [1.54, 1.807) is 12.1 Å². The summed E-state index contributed by atoms with van der Waals surface area (Å²) in [6, 6.07) is 10.9. The summed E-state index contributed by atoms with van der Waals surface area (Å²) in [6.45, 7) is 18.5. The molecule has 12 nitrogen and oxygen atoms in total. The van der Waals surface area contributed by atoms with E-state index in [0.29, 0.717) is 28.5 Å². The minimum atomic E-state index is -0.457. The van der Waals surface area contributed by atoms with Gasteiger partial charge in [-0.05, 0) is 147 Å². The van der Waals surface area contributed by atoms with Crippen molar-refractivity contribution in [1.82, 2.24) is 9.80 Å². The Morgan fingerprint density at radius 2 is 0.964 bits per heavy atom. The van der Waals surface area contributed by atoms with Gasteiger partial charge in [-0.1, -0.05) is 23.2 Å². The molecule has 0 saturated carbocycles. The molecule has 0 spiro atoms. The second-order valence-corrected chi connectivity index (χ2v) is 18.7. The Balaban J connectivity index is 0.000000215. The fourth-order valence-corrected chi connectivity index (χ4v) is 8.99. The van der Waals surface area contributed by atoms with Crippen LogP contribution in [0.2, 0.25) is 10.0 Å². The van der Waals surface area contributed by atoms with Crippen molar-refractivity contribution in [2.75, 3.05) is 67.9 Å². The van der Waals surface area contributed by atoms with Crippen molar-refractivity contribution in [1.29, 1.82) is 0 Å². The number of nitrogens with two attached hydrogens (primary N) is 1. The normalized spacial score (nSPS) is 19.6. The van der Waals surface area contributed by atoms with Gasteiger partial charge in [0.05, 0.1) is 15.6 Å². The number of amides is 2. The van der Waals surface area contributed by atoms with Crippen LogP contribution in [-0.2, 0) is 9.47 Å². The maximum Gasteiger partial charge on any atom is 0.410 e. The number of likely N-dealkylation sites (tertiary alicyclic amines) is 2. The summed E-state index contributed by atoms with van der Waals surface area (Å²) in [7, 11) is 0. The molecule has 0 aromatic heterocycles. The van der Waals surface area contributed by atoms with Crippen molar-refractivity contribution in [3.05, 3.63) is 56.6 Å². The number of hydrogen-bond acceptors (Lipinski definition) is 9. The molecule has 14 heteroatoms. The molecule has 0 bridgehead atoms. The van der Waals surface area contributed by atoms with Crippen LogP contribution in [0, 0.1) is 33.8 Å². The first kappa shape index (κ1) is 43.5. The van der Waals surface area contributed by atoms with E-state index < -0.39 is 16.1 Å². The lowest BCUT2D eigenvalue weighted by atomic mass is 9.79. The highest BCUT2D eigenvalue weighted by Crippen LogP contribution is 2.37. The van der Waals surface area contributed by atoms with E-state index in [2.05, 4.69) is 15.9 Å². The van der Waals surface area contributed by atoms with Crippen LogP contribution in [0.5, 0.6) is 0 Å². The van der Waals surface area contributed by atoms with Gasteiger partial charge in [0.2, 0.25) is 0 Å². The third-order valence-electron chi connectivity index (χ3n) is 11.6. The van der Waals surface area contributed by atoms with Crippen molar-refractivity contribution in [2.45, 2.75) is 104 Å². The molecule has 4 saturated heterocycles. The lowest BCUT2D eigenvalue weighted by molar-refractivity contribution is -0.384. The number of carbonyl (C=O) groups excluding carboxylic acids is 2. The summed E-state index contributed by atoms with van der Waals surface area (Å²) in [6.07, 6.45) is 8.39. The average molecular weight is 818 g/mol. The number of nitrogens with zero attached hydrogens (tertiary/aromatic N) is 5. The quantitative estimate of drug-likeness (QED) is 0.178. The third kappa shape index (κ3) is 12.2. The molecule has 4 aliphatic heterocycles. The van der Waals surface area contributed by atoms with E-state index in [4.69, 9.17) is 38.4 Å². The average Bonchev–Trinajstić information content (AvgIpc) is 3.15. The van der Waals surface area contributed by atoms with E-state index in [1.807, 2.05) is 63.5 Å². The smallest absolute Gasteiger partial charge is 0.410 e. The van der Waals surface area contributed by atoms with Gasteiger partial charge in [0.1, 0.15) is 16.2 Å². The van der Waals surface area contributed by atoms with Crippen LogP contribution in [0.4, 0.5) is 32.3 Å². The van der Waals surface area contributed by atoms with E-state index in [-0.39, 0.29) is 22.9 Å². The fourth-order valence-electron chi connectivity index (χ4n) is 8.57. The van der Waals surface area contributed by atoms with Crippen LogP contribution < -0.4 is 15.5 Å². The number of rotatable bonds is 5. The fraction of sp³-hybridized carbons (Fsp3) is 0.667. The zero-order valence-electron chi connectivity index (χ0n) is 34.1. The number of halogens is 2. The van der Waals surface area contributed by atoms with Crippen LogP contribution >= 0.6 is 23.2 Å². The van der Waals surface area contributed by atoms with Crippen molar-refractivity contribution in [3.63, 3.8) is 0 Å². The number of ether oxygens (including phenoxy) is 2. The molecule has 56 heavy (non-hydrogen) atoms. The number of benzene rings is 2. The van der Waals surface area contributed by atoms with Gasteiger partial charge in [0.25, 0.3) is 5.69 Å². The topological polar surface area (TPSA) is 135 Å². The number of nitro groups is 1. The summed E-state index contributed by atoms with van der Waals surface area (Å²) >= 11 is 12.2. The predicted octanol–water partition coefficient (Wildman–Crippen LogP) is 9.90. The third-order valence-corrected chi connectivity index (χ3v) is 12.3. The van der Waals surface area contributed by atoms with Crippen LogP contribution in [0.15, 0.2) is 36.4 Å². The molecule has 2 N–H and O–H groups in total. The first-order valence-electron chi connectivity index (χ1n) is 20.3. The Labute approximate surface area is 343 Å². The maximum absolute atomic E-state index is 12.2. The Kier molecular flexibility index (Phi) is 14.6. The van der Waals surface area contributed by atoms with Crippen LogP contribution in [0.25, 0.3) is 0 Å². The largest absolute Gasteiger partial charge is 0.444 e. The van der Waals surface area contributed by atoms with Gasteiger partial charge < -0.3 is 34.8 Å². The second kappa shape index (κ2) is 18.7. The summed E-state index contributed by atoms with van der Waals surface area (Å²) in [5.41, 5.74) is 7.62. The summed E-state index contributed by atoms with van der Waals surface area (Å²) < 4.78 is 11.0. The van der Waals surface area contributed by atoms with Gasteiger partial charge in [-0.3, -0.25) is 10.1 Å². The highest BCUT2D eigenvalue weighted by Gasteiger charge is 2.34. The van der Waals surface area contributed by atoms with Gasteiger partial charge in [0, 0.05) is 69.8 Å². The van der Waals surface area contributed by atoms with Crippen molar-refractivity contribution < 1.29 is 24.0 Å². The Morgan fingerprint density at radius 3 is 1.29 bits per heavy atom. The number of anilines is 3. The maximum atomic E-state index is 12.2. The zero-order valence-corrected chi connectivity index (χ0v) is 35.6. The number of nitro benzene ring substituents is 1. The first-order valence-corrected chi connectivity index (χ1v) is 21.1. The molecule has 4 heterocycles. The SMILES string of the molecule is CC(C)(C)OC(=O)N1CCC(C2CCN(c3ccc(N)c(Cl)c3)CC2)CC1.CC(C)(C)OC(=O)N1CCC(C2CCN(c3ccc([N+](=O)[O-])c(Cl)c3)CC2)CC1. The summed E-state index contributed by atoms with van der Waals surface area (Å²) in [5, 5.41) is 11.7. The van der Waals surface area contributed by atoms with Gasteiger partial charge in [0.15, 0.2) is 0 Å². The van der Waals surface area contributed by atoms with E-state index in [9.17, 15) is 19.7 Å². The molecule has 0 aliphatic carbocycles. The number of carbonyl (C=O) groups is 2. The molecule has 310 valence electrons. The monoisotopic (exact) mass is 816 g/mol. The molecule has 2 aromatic carbocycles. The number of piperidine rings is 4. The van der Waals surface area contributed by atoms with Gasteiger partial charge in [-0.2, -0.15) is 0 Å². The Hall–Kier alpha value is -3.64. The minimum Gasteiger partial charge on any atom is -0.444 e.